The Kier molecular flexibility index (Phi) is 6.33. The Morgan fingerprint density at radius 1 is 1.29 bits per heavy atom. The van der Waals surface area contributed by atoms with Crippen molar-refractivity contribution in [1.82, 2.24) is 4.57 Å². The summed E-state index contributed by atoms with van der Waals surface area (Å²) in [7, 11) is 0. The normalized spacial score (nSPS) is 11.6. The van der Waals surface area contributed by atoms with Crippen molar-refractivity contribution in [3.05, 3.63) is 57.9 Å². The number of carbonyl (C=O) groups excluding carboxylic acids is 1. The number of hydrogen-bond donors (Lipinski definition) is 0. The van der Waals surface area contributed by atoms with E-state index in [0.717, 1.165) is 34.2 Å². The molecule has 4 nitrogen and oxygen atoms in total. The van der Waals surface area contributed by atoms with Crippen LogP contribution in [0.15, 0.2) is 41.4 Å². The fraction of sp³-hybridized carbons (Fsp3) is 0.304. The molecular weight excluding hydrogens is 368 g/mol. The van der Waals surface area contributed by atoms with E-state index in [-0.39, 0.29) is 5.91 Å². The van der Waals surface area contributed by atoms with Crippen LogP contribution in [-0.2, 0) is 6.54 Å². The van der Waals surface area contributed by atoms with Crippen LogP contribution in [0.2, 0.25) is 0 Å². The standard InChI is InChI=1S/C23H24N2O2S/c1-5-7-12-27-19-10-8-9-18(15-19)22(26)24-23-25(11-6-2)20-14-16(3)13-17(4)21(20)28-23/h2,8-10,13-15H,5,7,11-12H2,1,3-4H3. The van der Waals surface area contributed by atoms with Crippen LogP contribution in [0, 0.1) is 26.2 Å². The predicted octanol–water partition coefficient (Wildman–Crippen LogP) is 4.87. The van der Waals surface area contributed by atoms with Gasteiger partial charge >= 0.3 is 0 Å². The smallest absolute Gasteiger partial charge is 0.279 e. The zero-order chi connectivity index (χ0) is 20.1. The number of amides is 1. The maximum atomic E-state index is 12.8. The summed E-state index contributed by atoms with van der Waals surface area (Å²) in [4.78, 5) is 17.8. The fourth-order valence-electron chi connectivity index (χ4n) is 3.05. The van der Waals surface area contributed by atoms with Gasteiger partial charge in [0.2, 0.25) is 0 Å². The number of thiazole rings is 1. The van der Waals surface area contributed by atoms with Crippen LogP contribution in [-0.4, -0.2) is 17.1 Å². The second kappa shape index (κ2) is 8.90. The molecule has 0 aliphatic rings. The van der Waals surface area contributed by atoms with Crippen molar-refractivity contribution in [2.75, 3.05) is 6.61 Å². The SMILES string of the molecule is C#CCn1c(=NC(=O)c2cccc(OCCCC)c2)sc2c(C)cc(C)cc21. The third-order valence-corrected chi connectivity index (χ3v) is 5.64. The van der Waals surface area contributed by atoms with E-state index in [0.29, 0.717) is 29.3 Å². The highest BCUT2D eigenvalue weighted by molar-refractivity contribution is 7.16. The summed E-state index contributed by atoms with van der Waals surface area (Å²) >= 11 is 1.49. The molecule has 1 heterocycles. The molecule has 1 amide bonds. The molecule has 28 heavy (non-hydrogen) atoms. The third kappa shape index (κ3) is 4.35. The average molecular weight is 393 g/mol. The largest absolute Gasteiger partial charge is 0.494 e. The van der Waals surface area contributed by atoms with Crippen molar-refractivity contribution >= 4 is 27.5 Å². The number of terminal acetylenes is 1. The van der Waals surface area contributed by atoms with Gasteiger partial charge in [0.1, 0.15) is 5.75 Å². The molecule has 0 N–H and O–H groups in total. The number of aryl methyl sites for hydroxylation is 2. The highest BCUT2D eigenvalue weighted by Crippen LogP contribution is 2.23. The van der Waals surface area contributed by atoms with Gasteiger partial charge in [-0.2, -0.15) is 4.99 Å². The van der Waals surface area contributed by atoms with Gasteiger partial charge in [0.15, 0.2) is 4.80 Å². The number of aromatic nitrogens is 1. The second-order valence-electron chi connectivity index (χ2n) is 6.75. The van der Waals surface area contributed by atoms with E-state index in [1.807, 2.05) is 16.7 Å². The lowest BCUT2D eigenvalue weighted by molar-refractivity contribution is 0.0997. The number of carbonyl (C=O) groups is 1. The van der Waals surface area contributed by atoms with Gasteiger partial charge in [0.25, 0.3) is 5.91 Å². The minimum absolute atomic E-state index is 0.298. The summed E-state index contributed by atoms with van der Waals surface area (Å²) in [5, 5.41) is 0. The van der Waals surface area contributed by atoms with Gasteiger partial charge in [-0.25, -0.2) is 0 Å². The Balaban J connectivity index is 2.01. The van der Waals surface area contributed by atoms with Gasteiger partial charge in [-0.15, -0.1) is 6.42 Å². The van der Waals surface area contributed by atoms with E-state index in [4.69, 9.17) is 11.2 Å². The molecule has 144 valence electrons. The minimum atomic E-state index is -0.298. The number of unbranched alkanes of at least 4 members (excludes halogenated alkanes) is 1. The van der Waals surface area contributed by atoms with E-state index in [1.54, 1.807) is 12.1 Å². The Hall–Kier alpha value is -2.84. The number of nitrogens with zero attached hydrogens (tertiary/aromatic N) is 2. The van der Waals surface area contributed by atoms with Crippen molar-refractivity contribution in [2.24, 2.45) is 4.99 Å². The second-order valence-corrected chi connectivity index (χ2v) is 7.73. The molecule has 0 saturated carbocycles. The molecule has 0 saturated heterocycles. The molecule has 0 spiro atoms. The lowest BCUT2D eigenvalue weighted by atomic mass is 10.1. The minimum Gasteiger partial charge on any atom is -0.494 e. The Morgan fingerprint density at radius 3 is 2.86 bits per heavy atom. The molecular formula is C23H24N2O2S. The van der Waals surface area contributed by atoms with Gasteiger partial charge in [-0.05, 0) is 55.7 Å². The van der Waals surface area contributed by atoms with Gasteiger partial charge in [0.05, 0.1) is 23.4 Å². The zero-order valence-electron chi connectivity index (χ0n) is 16.5. The number of benzene rings is 2. The first-order chi connectivity index (χ1) is 13.5. The molecule has 3 rings (SSSR count). The molecule has 0 fully saturated rings. The number of hydrogen-bond acceptors (Lipinski definition) is 3. The molecule has 0 radical (unpaired) electrons. The maximum Gasteiger partial charge on any atom is 0.279 e. The molecule has 1 aromatic heterocycles. The molecule has 0 bridgehead atoms. The van der Waals surface area contributed by atoms with Crippen molar-refractivity contribution < 1.29 is 9.53 Å². The highest BCUT2D eigenvalue weighted by atomic mass is 32.1. The van der Waals surface area contributed by atoms with E-state index >= 15 is 0 Å². The summed E-state index contributed by atoms with van der Waals surface area (Å²) in [6, 6.07) is 11.4. The predicted molar refractivity (Wildman–Crippen MR) is 115 cm³/mol. The zero-order valence-corrected chi connectivity index (χ0v) is 17.3. The van der Waals surface area contributed by atoms with E-state index in [1.165, 1.54) is 11.3 Å². The van der Waals surface area contributed by atoms with Gasteiger partial charge in [-0.1, -0.05) is 42.7 Å². The van der Waals surface area contributed by atoms with Crippen LogP contribution in [0.3, 0.4) is 0 Å². The van der Waals surface area contributed by atoms with Gasteiger partial charge < -0.3 is 9.30 Å². The Morgan fingerprint density at radius 2 is 2.11 bits per heavy atom. The molecule has 0 aliphatic heterocycles. The van der Waals surface area contributed by atoms with Crippen LogP contribution < -0.4 is 9.54 Å². The summed E-state index contributed by atoms with van der Waals surface area (Å²) in [6.45, 7) is 7.24. The van der Waals surface area contributed by atoms with Crippen LogP contribution in [0.1, 0.15) is 41.3 Å². The summed E-state index contributed by atoms with van der Waals surface area (Å²) in [6.07, 6.45) is 7.61. The topological polar surface area (TPSA) is 43.6 Å². The summed E-state index contributed by atoms with van der Waals surface area (Å²) < 4.78 is 8.73. The molecule has 0 unspecified atom stereocenters. The first-order valence-electron chi connectivity index (χ1n) is 9.39. The Labute approximate surface area is 169 Å². The number of ether oxygens (including phenoxy) is 1. The third-order valence-electron chi connectivity index (χ3n) is 4.41. The molecule has 2 aromatic carbocycles. The maximum absolute atomic E-state index is 12.8. The van der Waals surface area contributed by atoms with Crippen LogP contribution in [0.5, 0.6) is 5.75 Å². The van der Waals surface area contributed by atoms with E-state index in [9.17, 15) is 4.79 Å². The first-order valence-corrected chi connectivity index (χ1v) is 10.2. The summed E-state index contributed by atoms with van der Waals surface area (Å²) in [5.74, 6) is 3.06. The quantitative estimate of drug-likeness (QED) is 0.444. The molecule has 0 atom stereocenters. The lowest BCUT2D eigenvalue weighted by Gasteiger charge is -2.06. The number of fused-ring (bicyclic) bond motifs is 1. The van der Waals surface area contributed by atoms with Crippen molar-refractivity contribution in [2.45, 2.75) is 40.2 Å². The summed E-state index contributed by atoms with van der Waals surface area (Å²) in [5.41, 5.74) is 3.84. The van der Waals surface area contributed by atoms with Crippen molar-refractivity contribution in [1.29, 1.82) is 0 Å². The fourth-order valence-corrected chi connectivity index (χ4v) is 4.12. The Bertz CT molecular complexity index is 1120. The van der Waals surface area contributed by atoms with Crippen molar-refractivity contribution in [3.8, 4) is 18.1 Å². The van der Waals surface area contributed by atoms with Crippen LogP contribution in [0.4, 0.5) is 0 Å². The van der Waals surface area contributed by atoms with Gasteiger partial charge in [0, 0.05) is 5.56 Å². The number of rotatable bonds is 6. The average Bonchev–Trinajstić information content (AvgIpc) is 3.00. The molecule has 5 heteroatoms. The highest BCUT2D eigenvalue weighted by Gasteiger charge is 2.11. The van der Waals surface area contributed by atoms with Gasteiger partial charge in [-0.3, -0.25) is 4.79 Å². The lowest BCUT2D eigenvalue weighted by Crippen LogP contribution is -2.16. The van der Waals surface area contributed by atoms with Crippen LogP contribution in [0.25, 0.3) is 10.2 Å². The molecule has 0 aliphatic carbocycles. The monoisotopic (exact) mass is 392 g/mol. The van der Waals surface area contributed by atoms with Crippen LogP contribution >= 0.6 is 11.3 Å². The molecule has 3 aromatic rings. The van der Waals surface area contributed by atoms with E-state index < -0.39 is 0 Å². The van der Waals surface area contributed by atoms with E-state index in [2.05, 4.69) is 43.8 Å². The first kappa shape index (κ1) is 19.9. The van der Waals surface area contributed by atoms with Crippen molar-refractivity contribution in [3.63, 3.8) is 0 Å².